The van der Waals surface area contributed by atoms with Crippen LogP contribution in [0.4, 0.5) is 0 Å². The summed E-state index contributed by atoms with van der Waals surface area (Å²) in [5.74, 6) is 0. The molecule has 0 aliphatic heterocycles. The largest absolute Gasteiger partial charge is 0.320 e. The quantitative estimate of drug-likeness (QED) is 0.826. The van der Waals surface area contributed by atoms with Crippen molar-refractivity contribution in [2.24, 2.45) is 0 Å². The van der Waals surface area contributed by atoms with E-state index in [0.717, 1.165) is 38.5 Å². The number of halogens is 1. The zero-order chi connectivity index (χ0) is 12.6. The summed E-state index contributed by atoms with van der Waals surface area (Å²) in [6, 6.07) is 10.6. The van der Waals surface area contributed by atoms with E-state index < -0.39 is 16.4 Å². The van der Waals surface area contributed by atoms with Crippen molar-refractivity contribution >= 4 is 0 Å². The van der Waals surface area contributed by atoms with E-state index in [1.54, 1.807) is 0 Å². The molecule has 3 aliphatic rings. The lowest BCUT2D eigenvalue weighted by molar-refractivity contribution is -1.63. The molecule has 98 valence electrons. The van der Waals surface area contributed by atoms with E-state index >= 15 is 0 Å². The Hall–Kier alpha value is -0.610. The van der Waals surface area contributed by atoms with Crippen molar-refractivity contribution in [3.8, 4) is 0 Å². The molecule has 0 atom stereocenters. The number of benzene rings is 1. The molecule has 3 nitrogen and oxygen atoms in total. The maximum atomic E-state index is 10.7. The summed E-state index contributed by atoms with van der Waals surface area (Å²) in [5.41, 5.74) is 1.24. The minimum Gasteiger partial charge on any atom is -0.320 e. The molecule has 4 rings (SSSR count). The van der Waals surface area contributed by atoms with Crippen LogP contribution in [0.2, 0.25) is 0 Å². The van der Waals surface area contributed by atoms with E-state index in [1.165, 1.54) is 5.56 Å². The fourth-order valence-electron chi connectivity index (χ4n) is 3.63. The lowest BCUT2D eigenvalue weighted by Crippen LogP contribution is -2.53. The predicted molar refractivity (Wildman–Crippen MR) is 59.6 cm³/mol. The van der Waals surface area contributed by atoms with Crippen LogP contribution in [0.1, 0.15) is 44.1 Å². The van der Waals surface area contributed by atoms with Crippen molar-refractivity contribution in [2.75, 3.05) is 0 Å². The first kappa shape index (κ1) is 12.4. The van der Waals surface area contributed by atoms with Gasteiger partial charge in [-0.1, -0.05) is 30.3 Å². The van der Waals surface area contributed by atoms with Gasteiger partial charge in [0.2, 0.25) is 0 Å². The van der Waals surface area contributed by atoms with Crippen LogP contribution in [0.15, 0.2) is 30.3 Å². The number of fused-ring (bicyclic) bond motifs is 3. The van der Waals surface area contributed by atoms with Gasteiger partial charge < -0.3 is 9.32 Å². The Bertz CT molecular complexity index is 394. The fraction of sp³-hybridized carbons (Fsp3) is 0.571. The molecule has 0 heterocycles. The molecule has 0 aromatic heterocycles. The average Bonchev–Trinajstić information content (AvgIpc) is 2.41. The molecule has 0 unspecified atom stereocenters. The Balaban J connectivity index is 1.79. The molecule has 1 aromatic carbocycles. The summed E-state index contributed by atoms with van der Waals surface area (Å²) in [4.78, 5) is 0. The van der Waals surface area contributed by atoms with Crippen LogP contribution in [-0.2, 0) is 9.70 Å². The van der Waals surface area contributed by atoms with E-state index in [2.05, 4.69) is 24.3 Å². The molecule has 3 fully saturated rings. The Morgan fingerprint density at radius 1 is 0.889 bits per heavy atom. The van der Waals surface area contributed by atoms with Crippen molar-refractivity contribution in [3.63, 3.8) is 0 Å². The standard InChI is InChI=1S/C14H17ClO3/c16-15(17)18-14-9-6-13(7-10-14,8-11-14)12-4-2-1-3-5-12/h1-5H,6-11H2. The van der Waals surface area contributed by atoms with Gasteiger partial charge in [-0.05, 0) is 49.5 Å². The van der Waals surface area contributed by atoms with Crippen molar-refractivity contribution in [3.05, 3.63) is 35.9 Å². The molecular formula is C14H17ClO3. The first-order chi connectivity index (χ1) is 8.64. The van der Waals surface area contributed by atoms with E-state index in [0.29, 0.717) is 0 Å². The molecule has 0 radical (unpaired) electrons. The zero-order valence-corrected chi connectivity index (χ0v) is 11.0. The third-order valence-corrected chi connectivity index (χ3v) is 5.24. The molecule has 3 aliphatic carbocycles. The molecule has 0 spiro atoms. The second-order valence-electron chi connectivity index (χ2n) is 5.60. The van der Waals surface area contributed by atoms with Crippen molar-refractivity contribution in [1.29, 1.82) is 0 Å². The fourth-order valence-corrected chi connectivity index (χ4v) is 4.12. The summed E-state index contributed by atoms with van der Waals surface area (Å²) < 4.78 is 26.6. The molecule has 0 saturated heterocycles. The van der Waals surface area contributed by atoms with Crippen LogP contribution in [0.5, 0.6) is 0 Å². The molecule has 3 saturated carbocycles. The highest BCUT2D eigenvalue weighted by Crippen LogP contribution is 2.55. The smallest absolute Gasteiger partial charge is 0.286 e. The van der Waals surface area contributed by atoms with E-state index in [1.807, 2.05) is 6.07 Å². The highest BCUT2D eigenvalue weighted by Gasteiger charge is 2.55. The van der Waals surface area contributed by atoms with Gasteiger partial charge in [-0.25, -0.2) is 0 Å². The molecule has 2 bridgehead atoms. The van der Waals surface area contributed by atoms with Crippen LogP contribution in [-0.4, -0.2) is 5.60 Å². The summed E-state index contributed by atoms with van der Waals surface area (Å²) in [7, 11) is -2.05. The van der Waals surface area contributed by atoms with E-state index in [-0.39, 0.29) is 5.41 Å². The topological polar surface area (TPSA) is 55.3 Å². The van der Waals surface area contributed by atoms with Gasteiger partial charge in [0, 0.05) is 4.29 Å². The van der Waals surface area contributed by atoms with Crippen LogP contribution in [0.3, 0.4) is 0 Å². The summed E-state index contributed by atoms with van der Waals surface area (Å²) in [6.07, 6.45) is 5.63. The van der Waals surface area contributed by atoms with Crippen LogP contribution in [0.25, 0.3) is 0 Å². The van der Waals surface area contributed by atoms with E-state index in [9.17, 15) is 9.32 Å². The molecular weight excluding hydrogens is 252 g/mol. The molecule has 18 heavy (non-hydrogen) atoms. The van der Waals surface area contributed by atoms with Gasteiger partial charge in [-0.15, -0.1) is 0 Å². The minimum atomic E-state index is -2.05. The lowest BCUT2D eigenvalue weighted by Gasteiger charge is -2.49. The van der Waals surface area contributed by atoms with Gasteiger partial charge in [-0.2, -0.15) is 0 Å². The monoisotopic (exact) mass is 268 g/mol. The van der Waals surface area contributed by atoms with Gasteiger partial charge in [-0.3, -0.25) is 0 Å². The maximum absolute atomic E-state index is 10.7. The van der Waals surface area contributed by atoms with Crippen molar-refractivity contribution < 1.29 is 24.4 Å². The van der Waals surface area contributed by atoms with Crippen LogP contribution < -0.4 is 9.32 Å². The normalized spacial score (nSPS) is 35.1. The molecule has 0 amide bonds. The Labute approximate surface area is 110 Å². The summed E-state index contributed by atoms with van der Waals surface area (Å²) in [6.45, 7) is 0. The summed E-state index contributed by atoms with van der Waals surface area (Å²) in [5, 5.41) is 0. The maximum Gasteiger partial charge on any atom is 0.286 e. The third kappa shape index (κ3) is 2.05. The first-order valence-corrected chi connectivity index (χ1v) is 7.37. The molecule has 1 aromatic rings. The Morgan fingerprint density at radius 2 is 1.44 bits per heavy atom. The van der Waals surface area contributed by atoms with Crippen LogP contribution in [0, 0.1) is 10.8 Å². The zero-order valence-electron chi connectivity index (χ0n) is 10.2. The van der Waals surface area contributed by atoms with Crippen LogP contribution >= 0.6 is 0 Å². The van der Waals surface area contributed by atoms with E-state index in [4.69, 9.17) is 4.29 Å². The molecule has 0 N–H and O–H groups in total. The number of rotatable bonds is 3. The number of hydrogen-bond donors (Lipinski definition) is 0. The number of hydrogen-bond acceptors (Lipinski definition) is 3. The predicted octanol–water partition coefficient (Wildman–Crippen LogP) is 1.13. The third-order valence-electron chi connectivity index (χ3n) is 4.79. The lowest BCUT2D eigenvalue weighted by atomic mass is 9.56. The SMILES string of the molecule is [O-][Cl+2]([O-])OC12CCC(c3ccccc3)(CC1)CC2. The van der Waals surface area contributed by atoms with Gasteiger partial charge in [0.15, 0.2) is 5.60 Å². The second-order valence-corrected chi connectivity index (χ2v) is 6.13. The highest BCUT2D eigenvalue weighted by atomic mass is 35.6. The summed E-state index contributed by atoms with van der Waals surface area (Å²) >= 11 is 0. The minimum absolute atomic E-state index is 0.257. The van der Waals surface area contributed by atoms with Crippen molar-refractivity contribution in [1.82, 2.24) is 0 Å². The Kier molecular flexibility index (Phi) is 3.10. The van der Waals surface area contributed by atoms with Gasteiger partial charge in [0.25, 0.3) is 10.8 Å². The molecule has 4 heteroatoms. The van der Waals surface area contributed by atoms with Crippen molar-refractivity contribution in [2.45, 2.75) is 49.5 Å². The van der Waals surface area contributed by atoms with Gasteiger partial charge in [0.1, 0.15) is 0 Å². The highest BCUT2D eigenvalue weighted by molar-refractivity contribution is 5.28. The first-order valence-electron chi connectivity index (χ1n) is 6.45. The van der Waals surface area contributed by atoms with Gasteiger partial charge in [0.05, 0.1) is 0 Å². The second kappa shape index (κ2) is 4.49. The average molecular weight is 269 g/mol. The van der Waals surface area contributed by atoms with Gasteiger partial charge >= 0.3 is 0 Å². The Morgan fingerprint density at radius 3 is 1.94 bits per heavy atom.